The molecule has 0 spiro atoms. The first-order chi connectivity index (χ1) is 15.7. The van der Waals surface area contributed by atoms with Crippen LogP contribution in [0.4, 0.5) is 0 Å². The van der Waals surface area contributed by atoms with Crippen LogP contribution < -0.4 is 9.47 Å². The van der Waals surface area contributed by atoms with Crippen LogP contribution in [0.25, 0.3) is 0 Å². The van der Waals surface area contributed by atoms with E-state index in [9.17, 15) is 4.79 Å². The summed E-state index contributed by atoms with van der Waals surface area (Å²) in [4.78, 5) is 37.0. The van der Waals surface area contributed by atoms with Crippen LogP contribution in [0.2, 0.25) is 0 Å². The van der Waals surface area contributed by atoms with Crippen LogP contribution in [-0.4, -0.2) is 52.7 Å². The number of carbonyl (C=O) groups is 1. The molecule has 0 saturated carbocycles. The number of methoxy groups -OCH3 is 2. The molecule has 188 valence electrons. The zero-order chi connectivity index (χ0) is 24.0. The van der Waals surface area contributed by atoms with Gasteiger partial charge in [-0.05, 0) is 68.0 Å². The molecule has 0 radical (unpaired) electrons. The van der Waals surface area contributed by atoms with E-state index in [0.717, 1.165) is 43.6 Å². The molecule has 1 fully saturated rings. The molecule has 0 amide bonds. The van der Waals surface area contributed by atoms with E-state index in [2.05, 4.69) is 35.2 Å². The van der Waals surface area contributed by atoms with Crippen molar-refractivity contribution in [2.24, 2.45) is 11.8 Å². The number of fused-ring (bicyclic) bond motifs is 1. The fourth-order valence-corrected chi connectivity index (χ4v) is 4.71. The smallest absolute Gasteiger partial charge is 0.466 e. The van der Waals surface area contributed by atoms with Gasteiger partial charge in [-0.3, -0.25) is 9.69 Å². The fraction of sp³-hybridized carbons (Fsp3) is 0.458. The van der Waals surface area contributed by atoms with Crippen molar-refractivity contribution in [3.63, 3.8) is 0 Å². The minimum Gasteiger partial charge on any atom is -0.493 e. The van der Waals surface area contributed by atoms with E-state index in [1.165, 1.54) is 18.4 Å². The lowest BCUT2D eigenvalue weighted by molar-refractivity contribution is 0.0895. The number of piperidine rings is 1. The van der Waals surface area contributed by atoms with Gasteiger partial charge in [-0.25, -0.2) is 4.57 Å². The van der Waals surface area contributed by atoms with Gasteiger partial charge in [0.25, 0.3) is 0 Å². The van der Waals surface area contributed by atoms with Crippen LogP contribution >= 0.6 is 20.2 Å². The monoisotopic (exact) mass is 513 g/mol. The second-order valence-corrected chi connectivity index (χ2v) is 9.61. The van der Waals surface area contributed by atoms with E-state index in [1.54, 1.807) is 14.2 Å². The summed E-state index contributed by atoms with van der Waals surface area (Å²) in [6.45, 7) is 3.27. The molecular weight excluding hydrogens is 481 g/mol. The van der Waals surface area contributed by atoms with Gasteiger partial charge in [-0.1, -0.05) is 30.3 Å². The predicted molar refractivity (Wildman–Crippen MR) is 132 cm³/mol. The Bertz CT molecular complexity index is 982. The predicted octanol–water partition coefficient (Wildman–Crippen LogP) is 3.85. The third-order valence-corrected chi connectivity index (χ3v) is 6.29. The summed E-state index contributed by atoms with van der Waals surface area (Å²) in [7, 11) is -1.38. The molecular formula is C24H33ClNO7P. The van der Waals surface area contributed by atoms with E-state index in [4.69, 9.17) is 28.7 Å². The Kier molecular flexibility index (Phi) is 10.6. The van der Waals surface area contributed by atoms with Crippen molar-refractivity contribution in [3.05, 3.63) is 59.2 Å². The Balaban J connectivity index is 0.000000619. The first-order valence-electron chi connectivity index (χ1n) is 11.0. The molecule has 0 aromatic heterocycles. The van der Waals surface area contributed by atoms with Gasteiger partial charge in [0.15, 0.2) is 17.3 Å². The highest BCUT2D eigenvalue weighted by molar-refractivity contribution is 7.45. The van der Waals surface area contributed by atoms with Crippen molar-refractivity contribution in [2.45, 2.75) is 32.2 Å². The third-order valence-electron chi connectivity index (χ3n) is 6.29. The van der Waals surface area contributed by atoms with Crippen molar-refractivity contribution < 1.29 is 33.5 Å². The lowest BCUT2D eigenvalue weighted by Gasteiger charge is -2.32. The number of halogens is 1. The second kappa shape index (κ2) is 12.7. The van der Waals surface area contributed by atoms with E-state index in [0.29, 0.717) is 17.4 Å². The van der Waals surface area contributed by atoms with Gasteiger partial charge < -0.3 is 24.2 Å². The van der Waals surface area contributed by atoms with Gasteiger partial charge in [-0.2, -0.15) is 0 Å². The minimum absolute atomic E-state index is 0. The molecule has 8 nitrogen and oxygen atoms in total. The SMILES string of the molecule is COc1cc2c(cc1OC)C(=O)C(CC1CCN(Cc3ccccc3)CC1)C2.Cl.O=P(O)(O)O. The maximum Gasteiger partial charge on any atom is 0.466 e. The zero-order valence-electron chi connectivity index (χ0n) is 19.4. The number of likely N-dealkylation sites (tertiary alicyclic amines) is 1. The third kappa shape index (κ3) is 8.08. The molecule has 10 heteroatoms. The van der Waals surface area contributed by atoms with E-state index in [1.807, 2.05) is 12.1 Å². The lowest BCUT2D eigenvalue weighted by atomic mass is 9.85. The average Bonchev–Trinajstić information content (AvgIpc) is 3.08. The molecule has 1 atom stereocenters. The Morgan fingerprint density at radius 2 is 1.56 bits per heavy atom. The highest BCUT2D eigenvalue weighted by Crippen LogP contribution is 2.39. The average molecular weight is 514 g/mol. The summed E-state index contributed by atoms with van der Waals surface area (Å²) in [6, 6.07) is 14.5. The van der Waals surface area contributed by atoms with Crippen LogP contribution in [0.1, 0.15) is 40.7 Å². The zero-order valence-corrected chi connectivity index (χ0v) is 21.1. The molecule has 2 aromatic rings. The molecule has 34 heavy (non-hydrogen) atoms. The van der Waals surface area contributed by atoms with Crippen molar-refractivity contribution >= 4 is 26.0 Å². The van der Waals surface area contributed by atoms with Gasteiger partial charge in [0.1, 0.15) is 0 Å². The number of benzene rings is 2. The molecule has 2 aromatic carbocycles. The fourth-order valence-electron chi connectivity index (χ4n) is 4.71. The molecule has 1 unspecified atom stereocenters. The molecule has 4 rings (SSSR count). The van der Waals surface area contributed by atoms with Crippen LogP contribution in [-0.2, 0) is 17.5 Å². The number of phosphoric acid groups is 1. The van der Waals surface area contributed by atoms with Crippen molar-refractivity contribution in [3.8, 4) is 11.5 Å². The van der Waals surface area contributed by atoms with Gasteiger partial charge in [-0.15, -0.1) is 12.4 Å². The summed E-state index contributed by atoms with van der Waals surface area (Å²) >= 11 is 0. The first-order valence-corrected chi connectivity index (χ1v) is 12.6. The highest BCUT2D eigenvalue weighted by Gasteiger charge is 2.34. The van der Waals surface area contributed by atoms with Crippen molar-refractivity contribution in [2.75, 3.05) is 27.3 Å². The maximum atomic E-state index is 12.9. The van der Waals surface area contributed by atoms with Crippen molar-refractivity contribution in [1.82, 2.24) is 4.90 Å². The van der Waals surface area contributed by atoms with Gasteiger partial charge in [0.05, 0.1) is 14.2 Å². The highest BCUT2D eigenvalue weighted by atomic mass is 35.5. The number of carbonyl (C=O) groups excluding carboxylic acids is 1. The van der Waals surface area contributed by atoms with E-state index < -0.39 is 7.82 Å². The summed E-state index contributed by atoms with van der Waals surface area (Å²) in [5.41, 5.74) is 3.31. The van der Waals surface area contributed by atoms with E-state index in [-0.39, 0.29) is 24.1 Å². The lowest BCUT2D eigenvalue weighted by Crippen LogP contribution is -2.34. The normalized spacial score (nSPS) is 18.4. The van der Waals surface area contributed by atoms with Crippen LogP contribution in [0.3, 0.4) is 0 Å². The number of ether oxygens (including phenoxy) is 2. The number of hydrogen-bond donors (Lipinski definition) is 3. The quantitative estimate of drug-likeness (QED) is 0.499. The van der Waals surface area contributed by atoms with Crippen molar-refractivity contribution in [1.29, 1.82) is 0 Å². The Hall–Kier alpha value is -1.93. The number of nitrogens with zero attached hydrogens (tertiary/aromatic N) is 1. The molecule has 1 heterocycles. The summed E-state index contributed by atoms with van der Waals surface area (Å²) in [6.07, 6.45) is 4.19. The molecule has 1 saturated heterocycles. The number of ketones is 1. The summed E-state index contributed by atoms with van der Waals surface area (Å²) in [5.74, 6) is 2.38. The van der Waals surface area contributed by atoms with Crippen LogP contribution in [0.5, 0.6) is 11.5 Å². The Morgan fingerprint density at radius 1 is 1.00 bits per heavy atom. The van der Waals surface area contributed by atoms with E-state index >= 15 is 0 Å². The number of hydrogen-bond acceptors (Lipinski definition) is 5. The standard InChI is InChI=1S/C24H29NO3.ClH.H3O4P/c1-27-22-14-19-13-20(24(26)21(19)15-23(22)28-2)12-17-8-10-25(11-9-17)16-18-6-4-3-5-7-18;;1-5(2,3)4/h3-7,14-15,17,20H,8-13,16H2,1-2H3;1H;(H3,1,2,3,4). The van der Waals surface area contributed by atoms with Gasteiger partial charge in [0, 0.05) is 18.0 Å². The number of Topliss-reactive ketones (excluding diaryl/α,β-unsaturated/α-hetero) is 1. The molecule has 1 aliphatic carbocycles. The van der Waals surface area contributed by atoms with Crippen LogP contribution in [0.15, 0.2) is 42.5 Å². The molecule has 3 N–H and O–H groups in total. The molecule has 2 aliphatic rings. The topological polar surface area (TPSA) is 117 Å². The number of rotatable bonds is 6. The first kappa shape index (κ1) is 28.3. The summed E-state index contributed by atoms with van der Waals surface area (Å²) < 4.78 is 19.7. The minimum atomic E-state index is -4.64. The molecule has 1 aliphatic heterocycles. The largest absolute Gasteiger partial charge is 0.493 e. The second-order valence-electron chi connectivity index (χ2n) is 8.58. The summed E-state index contributed by atoms with van der Waals surface area (Å²) in [5, 5.41) is 0. The Labute approximate surface area is 206 Å². The maximum absolute atomic E-state index is 12.9. The van der Waals surface area contributed by atoms with Gasteiger partial charge in [0.2, 0.25) is 0 Å². The Morgan fingerprint density at radius 3 is 2.12 bits per heavy atom. The van der Waals surface area contributed by atoms with Crippen LogP contribution in [0, 0.1) is 11.8 Å². The molecule has 0 bridgehead atoms. The van der Waals surface area contributed by atoms with Gasteiger partial charge >= 0.3 is 7.82 Å².